The van der Waals surface area contributed by atoms with E-state index in [1.54, 1.807) is 12.1 Å². The van der Waals surface area contributed by atoms with E-state index in [0.29, 0.717) is 17.4 Å². The number of rotatable bonds is 4. The van der Waals surface area contributed by atoms with E-state index < -0.39 is 0 Å². The Bertz CT molecular complexity index is 470. The topological polar surface area (TPSA) is 26.3 Å². The van der Waals surface area contributed by atoms with Crippen molar-refractivity contribution < 1.29 is 9.53 Å². The molecule has 0 aromatic heterocycles. The van der Waals surface area contributed by atoms with Gasteiger partial charge in [0.2, 0.25) is 0 Å². The summed E-state index contributed by atoms with van der Waals surface area (Å²) in [7, 11) is 1.39. The molecule has 3 heteroatoms. The number of ether oxygens (including phenoxy) is 1. The van der Waals surface area contributed by atoms with Gasteiger partial charge < -0.3 is 4.74 Å². The maximum atomic E-state index is 11.4. The average Bonchev–Trinajstić information content (AvgIpc) is 2.53. The molecule has 0 unspecified atom stereocenters. The Kier molecular flexibility index (Phi) is 5.66. The summed E-state index contributed by atoms with van der Waals surface area (Å²) >= 11 is 6.11. The number of carbonyl (C=O) groups is 1. The Morgan fingerprint density at radius 2 is 1.90 bits per heavy atom. The zero-order valence-electron chi connectivity index (χ0n) is 11.9. The van der Waals surface area contributed by atoms with Crippen LogP contribution in [0.1, 0.15) is 48.0 Å². The third kappa shape index (κ3) is 3.86. The zero-order chi connectivity index (χ0) is 14.4. The van der Waals surface area contributed by atoms with Crippen molar-refractivity contribution in [1.29, 1.82) is 0 Å². The summed E-state index contributed by atoms with van der Waals surface area (Å²) in [5.74, 6) is 0.913. The highest BCUT2D eigenvalue weighted by Gasteiger charge is 2.17. The standard InChI is InChI=1S/C17H21ClO2/c1-20-17(19)15-9-7-13(8-10-15)11-16(12-18)14-5-3-2-4-6-14/h7-11,14H,2-6,12H2,1H3/b16-11-. The molecular weight excluding hydrogens is 272 g/mol. The van der Waals surface area contributed by atoms with Crippen LogP contribution in [0.3, 0.4) is 0 Å². The van der Waals surface area contributed by atoms with Gasteiger partial charge >= 0.3 is 5.97 Å². The predicted octanol–water partition coefficient (Wildman–Crippen LogP) is 4.68. The van der Waals surface area contributed by atoms with Crippen LogP contribution in [0.15, 0.2) is 29.8 Å². The fourth-order valence-corrected chi connectivity index (χ4v) is 3.08. The monoisotopic (exact) mass is 292 g/mol. The number of carbonyl (C=O) groups excluding carboxylic acids is 1. The van der Waals surface area contributed by atoms with Gasteiger partial charge in [-0.15, -0.1) is 11.6 Å². The average molecular weight is 293 g/mol. The molecule has 0 atom stereocenters. The summed E-state index contributed by atoms with van der Waals surface area (Å²) < 4.78 is 4.70. The molecule has 0 radical (unpaired) electrons. The molecule has 20 heavy (non-hydrogen) atoms. The molecule has 1 aliphatic carbocycles. The normalized spacial score (nSPS) is 17.0. The highest BCUT2D eigenvalue weighted by atomic mass is 35.5. The van der Waals surface area contributed by atoms with Crippen LogP contribution in [-0.4, -0.2) is 19.0 Å². The first-order chi connectivity index (χ1) is 9.74. The predicted molar refractivity (Wildman–Crippen MR) is 83.1 cm³/mol. The fraction of sp³-hybridized carbons (Fsp3) is 0.471. The molecule has 1 fully saturated rings. The van der Waals surface area contributed by atoms with E-state index in [1.807, 2.05) is 12.1 Å². The summed E-state index contributed by atoms with van der Waals surface area (Å²) in [6.07, 6.45) is 8.63. The molecular formula is C17H21ClO2. The first-order valence-corrected chi connectivity index (χ1v) is 7.73. The van der Waals surface area contributed by atoms with Crippen molar-refractivity contribution in [3.8, 4) is 0 Å². The molecule has 0 heterocycles. The van der Waals surface area contributed by atoms with Crippen LogP contribution in [-0.2, 0) is 4.74 Å². The van der Waals surface area contributed by atoms with E-state index >= 15 is 0 Å². The van der Waals surface area contributed by atoms with Crippen molar-refractivity contribution in [3.05, 3.63) is 41.0 Å². The van der Waals surface area contributed by atoms with Gasteiger partial charge in [-0.3, -0.25) is 0 Å². The van der Waals surface area contributed by atoms with Gasteiger partial charge in [0.1, 0.15) is 0 Å². The van der Waals surface area contributed by atoms with Gasteiger partial charge in [-0.1, -0.05) is 43.0 Å². The number of benzene rings is 1. The van der Waals surface area contributed by atoms with E-state index in [1.165, 1.54) is 44.8 Å². The molecule has 1 aromatic rings. The summed E-state index contributed by atoms with van der Waals surface area (Å²) in [6, 6.07) is 7.48. The van der Waals surface area contributed by atoms with Gasteiger partial charge in [-0.05, 0) is 36.5 Å². The first-order valence-electron chi connectivity index (χ1n) is 7.19. The molecule has 2 nitrogen and oxygen atoms in total. The lowest BCUT2D eigenvalue weighted by molar-refractivity contribution is 0.0601. The molecule has 2 rings (SSSR count). The van der Waals surface area contributed by atoms with Crippen LogP contribution in [0, 0.1) is 5.92 Å². The molecule has 108 valence electrons. The third-order valence-electron chi connectivity index (χ3n) is 3.97. The zero-order valence-corrected chi connectivity index (χ0v) is 12.7. The largest absolute Gasteiger partial charge is 0.465 e. The van der Waals surface area contributed by atoms with E-state index in [4.69, 9.17) is 16.3 Å². The van der Waals surface area contributed by atoms with E-state index in [2.05, 4.69) is 6.08 Å². The summed E-state index contributed by atoms with van der Waals surface area (Å²) in [5.41, 5.74) is 2.99. The fourth-order valence-electron chi connectivity index (χ4n) is 2.79. The third-order valence-corrected chi connectivity index (χ3v) is 4.28. The van der Waals surface area contributed by atoms with Gasteiger partial charge in [0.05, 0.1) is 12.7 Å². The Morgan fingerprint density at radius 3 is 2.45 bits per heavy atom. The van der Waals surface area contributed by atoms with Gasteiger partial charge in [0.25, 0.3) is 0 Å². The Labute approximate surface area is 125 Å². The molecule has 0 saturated heterocycles. The lowest BCUT2D eigenvalue weighted by atomic mass is 9.83. The summed E-state index contributed by atoms with van der Waals surface area (Å²) in [4.78, 5) is 11.4. The highest BCUT2D eigenvalue weighted by molar-refractivity contribution is 6.19. The van der Waals surface area contributed by atoms with E-state index in [-0.39, 0.29) is 5.97 Å². The number of alkyl halides is 1. The van der Waals surface area contributed by atoms with Gasteiger partial charge in [-0.2, -0.15) is 0 Å². The number of hydrogen-bond acceptors (Lipinski definition) is 2. The number of methoxy groups -OCH3 is 1. The van der Waals surface area contributed by atoms with Crippen LogP contribution in [0.2, 0.25) is 0 Å². The maximum absolute atomic E-state index is 11.4. The van der Waals surface area contributed by atoms with Crippen LogP contribution >= 0.6 is 11.6 Å². The van der Waals surface area contributed by atoms with E-state index in [0.717, 1.165) is 5.56 Å². The molecule has 1 saturated carbocycles. The van der Waals surface area contributed by atoms with Gasteiger partial charge in [0.15, 0.2) is 0 Å². The van der Waals surface area contributed by atoms with Crippen LogP contribution in [0.25, 0.3) is 6.08 Å². The highest BCUT2D eigenvalue weighted by Crippen LogP contribution is 2.31. The SMILES string of the molecule is COC(=O)c1ccc(/C=C(/CCl)C2CCCCC2)cc1. The van der Waals surface area contributed by atoms with Crippen molar-refractivity contribution in [2.45, 2.75) is 32.1 Å². The minimum absolute atomic E-state index is 0.301. The Balaban J connectivity index is 2.12. The lowest BCUT2D eigenvalue weighted by Gasteiger charge is -2.23. The molecule has 0 spiro atoms. The number of allylic oxidation sites excluding steroid dienone is 1. The Hall–Kier alpha value is -1.28. The van der Waals surface area contributed by atoms with Crippen molar-refractivity contribution in [2.75, 3.05) is 13.0 Å². The van der Waals surface area contributed by atoms with Crippen molar-refractivity contribution >= 4 is 23.6 Å². The summed E-state index contributed by atoms with van der Waals surface area (Å²) in [5, 5.41) is 0. The number of hydrogen-bond donors (Lipinski definition) is 0. The Morgan fingerprint density at radius 1 is 1.25 bits per heavy atom. The molecule has 0 aliphatic heterocycles. The summed E-state index contributed by atoms with van der Waals surface area (Å²) in [6.45, 7) is 0. The maximum Gasteiger partial charge on any atom is 0.337 e. The van der Waals surface area contributed by atoms with E-state index in [9.17, 15) is 4.79 Å². The second-order valence-corrected chi connectivity index (χ2v) is 5.57. The smallest absolute Gasteiger partial charge is 0.337 e. The minimum Gasteiger partial charge on any atom is -0.465 e. The van der Waals surface area contributed by atoms with Crippen molar-refractivity contribution in [1.82, 2.24) is 0 Å². The van der Waals surface area contributed by atoms with Crippen LogP contribution in [0.4, 0.5) is 0 Å². The quantitative estimate of drug-likeness (QED) is 0.595. The number of halogens is 1. The first kappa shape index (κ1) is 15.1. The van der Waals surface area contributed by atoms with Gasteiger partial charge in [0, 0.05) is 5.88 Å². The molecule has 0 amide bonds. The number of esters is 1. The van der Waals surface area contributed by atoms with Gasteiger partial charge in [-0.25, -0.2) is 4.79 Å². The minimum atomic E-state index is -0.301. The molecule has 1 aromatic carbocycles. The van der Waals surface area contributed by atoms with Crippen LogP contribution < -0.4 is 0 Å². The van der Waals surface area contributed by atoms with Crippen molar-refractivity contribution in [3.63, 3.8) is 0 Å². The second-order valence-electron chi connectivity index (χ2n) is 5.30. The van der Waals surface area contributed by atoms with Crippen LogP contribution in [0.5, 0.6) is 0 Å². The molecule has 0 N–H and O–H groups in total. The molecule has 1 aliphatic rings. The lowest BCUT2D eigenvalue weighted by Crippen LogP contribution is -2.10. The second kappa shape index (κ2) is 7.49. The van der Waals surface area contributed by atoms with Crippen molar-refractivity contribution in [2.24, 2.45) is 5.92 Å². The molecule has 0 bridgehead atoms.